The fourth-order valence-electron chi connectivity index (χ4n) is 2.56. The molecule has 0 aliphatic carbocycles. The SMILES string of the molecule is COc1nn(C(C)C(=O)Nc2nn(Cc3ccc(Cl)cc3Cl)cc2Cl)cc1[N+](=O)[O-]. The van der Waals surface area contributed by atoms with Gasteiger partial charge >= 0.3 is 11.6 Å². The van der Waals surface area contributed by atoms with E-state index in [1.54, 1.807) is 18.2 Å². The molecule has 0 bridgehead atoms. The summed E-state index contributed by atoms with van der Waals surface area (Å²) >= 11 is 18.2. The predicted octanol–water partition coefficient (Wildman–Crippen LogP) is 4.20. The van der Waals surface area contributed by atoms with Crippen molar-refractivity contribution in [3.8, 4) is 5.88 Å². The van der Waals surface area contributed by atoms with Crippen LogP contribution in [0.3, 0.4) is 0 Å². The number of nitro groups is 1. The number of rotatable bonds is 7. The Morgan fingerprint density at radius 3 is 2.60 bits per heavy atom. The highest BCUT2D eigenvalue weighted by Gasteiger charge is 2.26. The Balaban J connectivity index is 1.74. The van der Waals surface area contributed by atoms with E-state index in [9.17, 15) is 14.9 Å². The number of methoxy groups -OCH3 is 1. The van der Waals surface area contributed by atoms with Gasteiger partial charge in [0.2, 0.25) is 5.91 Å². The van der Waals surface area contributed by atoms with Crippen molar-refractivity contribution >= 4 is 52.2 Å². The Morgan fingerprint density at radius 1 is 1.27 bits per heavy atom. The molecule has 13 heteroatoms. The number of nitrogens with zero attached hydrogens (tertiary/aromatic N) is 5. The summed E-state index contributed by atoms with van der Waals surface area (Å²) in [5.74, 6) is -0.583. The third-order valence-corrected chi connectivity index (χ3v) is 5.02. The van der Waals surface area contributed by atoms with Crippen LogP contribution in [-0.4, -0.2) is 37.5 Å². The molecule has 1 N–H and O–H groups in total. The molecule has 1 unspecified atom stereocenters. The molecular formula is C17H15Cl3N6O4. The summed E-state index contributed by atoms with van der Waals surface area (Å²) in [6, 6.07) is 4.19. The lowest BCUT2D eigenvalue weighted by molar-refractivity contribution is -0.385. The van der Waals surface area contributed by atoms with E-state index >= 15 is 0 Å². The normalized spacial score (nSPS) is 11.9. The number of halogens is 3. The summed E-state index contributed by atoms with van der Waals surface area (Å²) in [5.41, 5.74) is 0.418. The predicted molar refractivity (Wildman–Crippen MR) is 112 cm³/mol. The number of amides is 1. The minimum atomic E-state index is -0.889. The topological polar surface area (TPSA) is 117 Å². The lowest BCUT2D eigenvalue weighted by atomic mass is 10.2. The number of anilines is 1. The molecule has 158 valence electrons. The minimum Gasteiger partial charge on any atom is -0.475 e. The molecule has 0 spiro atoms. The second-order valence-electron chi connectivity index (χ2n) is 6.18. The summed E-state index contributed by atoms with van der Waals surface area (Å²) in [6.07, 6.45) is 2.65. The molecule has 0 aliphatic heterocycles. The first-order chi connectivity index (χ1) is 14.2. The first kappa shape index (κ1) is 21.9. The first-order valence-electron chi connectivity index (χ1n) is 8.45. The van der Waals surface area contributed by atoms with Crippen LogP contribution in [0.5, 0.6) is 5.88 Å². The van der Waals surface area contributed by atoms with Crippen LogP contribution >= 0.6 is 34.8 Å². The van der Waals surface area contributed by atoms with Gasteiger partial charge in [0.05, 0.1) is 18.6 Å². The molecule has 0 saturated heterocycles. The zero-order valence-corrected chi connectivity index (χ0v) is 17.9. The molecule has 3 rings (SSSR count). The van der Waals surface area contributed by atoms with E-state index in [-0.39, 0.29) is 22.4 Å². The van der Waals surface area contributed by atoms with Crippen LogP contribution in [0.25, 0.3) is 0 Å². The van der Waals surface area contributed by atoms with Gasteiger partial charge in [-0.3, -0.25) is 19.6 Å². The van der Waals surface area contributed by atoms with Crippen LogP contribution in [0.2, 0.25) is 15.1 Å². The number of carbonyl (C=O) groups is 1. The molecule has 0 radical (unpaired) electrons. The second-order valence-corrected chi connectivity index (χ2v) is 7.44. The Morgan fingerprint density at radius 2 is 2.00 bits per heavy atom. The van der Waals surface area contributed by atoms with Crippen molar-refractivity contribution in [2.24, 2.45) is 0 Å². The van der Waals surface area contributed by atoms with E-state index < -0.39 is 16.9 Å². The largest absolute Gasteiger partial charge is 0.475 e. The van der Waals surface area contributed by atoms with Gasteiger partial charge in [-0.25, -0.2) is 4.68 Å². The zero-order valence-electron chi connectivity index (χ0n) is 15.7. The fraction of sp³-hybridized carbons (Fsp3) is 0.235. The molecule has 1 atom stereocenters. The Bertz CT molecular complexity index is 1110. The number of aromatic nitrogens is 4. The summed E-state index contributed by atoms with van der Waals surface area (Å²) in [7, 11) is 1.25. The van der Waals surface area contributed by atoms with Crippen molar-refractivity contribution in [2.75, 3.05) is 12.4 Å². The van der Waals surface area contributed by atoms with Crippen LogP contribution in [0.4, 0.5) is 11.5 Å². The standard InChI is InChI=1S/C17H15Cl3N6O4/c1-9(25-8-14(26(28)29)17(23-25)30-2)16(27)21-15-13(20)7-24(22-15)6-10-3-4-11(18)5-12(10)19/h3-5,7-9H,6H2,1-2H3,(H,21,22,27). The summed E-state index contributed by atoms with van der Waals surface area (Å²) in [5, 5.41) is 23.0. The van der Waals surface area contributed by atoms with Gasteiger partial charge in [-0.1, -0.05) is 40.9 Å². The highest BCUT2D eigenvalue weighted by molar-refractivity contribution is 6.35. The molecule has 10 nitrogen and oxygen atoms in total. The van der Waals surface area contributed by atoms with E-state index in [0.29, 0.717) is 16.6 Å². The number of nitrogens with one attached hydrogen (secondary N) is 1. The summed E-state index contributed by atoms with van der Waals surface area (Å²) in [4.78, 5) is 23.0. The maximum absolute atomic E-state index is 12.6. The van der Waals surface area contributed by atoms with Crippen LogP contribution in [0.15, 0.2) is 30.6 Å². The van der Waals surface area contributed by atoms with E-state index in [2.05, 4.69) is 15.5 Å². The Labute approximate surface area is 185 Å². The molecule has 2 heterocycles. The van der Waals surface area contributed by atoms with Crippen molar-refractivity contribution in [1.29, 1.82) is 0 Å². The van der Waals surface area contributed by atoms with Gasteiger partial charge in [0.1, 0.15) is 17.3 Å². The van der Waals surface area contributed by atoms with Gasteiger partial charge in [-0.15, -0.1) is 5.10 Å². The zero-order chi connectivity index (χ0) is 22.0. The molecule has 30 heavy (non-hydrogen) atoms. The second kappa shape index (κ2) is 8.90. The lowest BCUT2D eigenvalue weighted by Gasteiger charge is -2.11. The molecule has 1 aromatic carbocycles. The summed E-state index contributed by atoms with van der Waals surface area (Å²) < 4.78 is 7.51. The molecule has 2 aromatic heterocycles. The maximum atomic E-state index is 12.6. The highest BCUT2D eigenvalue weighted by atomic mass is 35.5. The number of hydrogen-bond acceptors (Lipinski definition) is 6. The summed E-state index contributed by atoms with van der Waals surface area (Å²) in [6.45, 7) is 1.83. The first-order valence-corrected chi connectivity index (χ1v) is 9.58. The van der Waals surface area contributed by atoms with E-state index in [0.717, 1.165) is 16.4 Å². The van der Waals surface area contributed by atoms with Crippen LogP contribution < -0.4 is 10.1 Å². The van der Waals surface area contributed by atoms with Crippen molar-refractivity contribution in [1.82, 2.24) is 19.6 Å². The van der Waals surface area contributed by atoms with Crippen molar-refractivity contribution in [3.63, 3.8) is 0 Å². The smallest absolute Gasteiger partial charge is 0.350 e. The minimum absolute atomic E-state index is 0.132. The molecule has 3 aromatic rings. The third-order valence-electron chi connectivity index (χ3n) is 4.15. The van der Waals surface area contributed by atoms with Gasteiger partial charge in [0, 0.05) is 16.2 Å². The fourth-order valence-corrected chi connectivity index (χ4v) is 3.23. The van der Waals surface area contributed by atoms with Gasteiger partial charge in [-0.2, -0.15) is 5.10 Å². The Hall–Kier alpha value is -2.82. The van der Waals surface area contributed by atoms with Gasteiger partial charge in [0.15, 0.2) is 5.82 Å². The third kappa shape index (κ3) is 4.66. The van der Waals surface area contributed by atoms with Crippen molar-refractivity contribution < 1.29 is 14.5 Å². The molecule has 0 aliphatic rings. The molecule has 1 amide bonds. The van der Waals surface area contributed by atoms with Gasteiger partial charge < -0.3 is 10.1 Å². The van der Waals surface area contributed by atoms with E-state index in [4.69, 9.17) is 39.5 Å². The van der Waals surface area contributed by atoms with Crippen LogP contribution in [-0.2, 0) is 11.3 Å². The average Bonchev–Trinajstić information content (AvgIpc) is 3.27. The highest BCUT2D eigenvalue weighted by Crippen LogP contribution is 2.27. The Kier molecular flexibility index (Phi) is 6.49. The number of benzene rings is 1. The number of carbonyl (C=O) groups excluding carboxylic acids is 1. The monoisotopic (exact) mass is 472 g/mol. The molecule has 0 saturated carbocycles. The maximum Gasteiger partial charge on any atom is 0.350 e. The van der Waals surface area contributed by atoms with Crippen LogP contribution in [0.1, 0.15) is 18.5 Å². The quantitative estimate of drug-likeness (QED) is 0.406. The van der Waals surface area contributed by atoms with E-state index in [1.165, 1.54) is 24.9 Å². The van der Waals surface area contributed by atoms with Crippen molar-refractivity contribution in [2.45, 2.75) is 19.5 Å². The number of hydrogen-bond donors (Lipinski definition) is 1. The van der Waals surface area contributed by atoms with E-state index in [1.807, 2.05) is 0 Å². The van der Waals surface area contributed by atoms with Gasteiger partial charge in [0.25, 0.3) is 0 Å². The molecule has 0 fully saturated rings. The molecular weight excluding hydrogens is 459 g/mol. The average molecular weight is 474 g/mol. The lowest BCUT2D eigenvalue weighted by Crippen LogP contribution is -2.24. The van der Waals surface area contributed by atoms with Crippen molar-refractivity contribution in [3.05, 3.63) is 61.3 Å². The van der Waals surface area contributed by atoms with Crippen LogP contribution in [0, 0.1) is 10.1 Å². The number of ether oxygens (including phenoxy) is 1. The van der Waals surface area contributed by atoms with Gasteiger partial charge in [-0.05, 0) is 24.6 Å².